The van der Waals surface area contributed by atoms with Gasteiger partial charge in [-0.2, -0.15) is 0 Å². The van der Waals surface area contributed by atoms with Crippen LogP contribution in [0.2, 0.25) is 0 Å². The van der Waals surface area contributed by atoms with E-state index in [0.717, 1.165) is 39.8 Å². The van der Waals surface area contributed by atoms with Gasteiger partial charge in [-0.3, -0.25) is 9.78 Å². The number of carbonyl (C=O) groups excluding carboxylic acids is 1. The second kappa shape index (κ2) is 7.03. The van der Waals surface area contributed by atoms with E-state index in [2.05, 4.69) is 24.0 Å². The van der Waals surface area contributed by atoms with Crippen molar-refractivity contribution in [1.29, 1.82) is 0 Å². The topological polar surface area (TPSA) is 42.4 Å². The van der Waals surface area contributed by atoms with Crippen LogP contribution in [0, 0.1) is 20.8 Å². The number of rotatable bonds is 3. The van der Waals surface area contributed by atoms with Crippen LogP contribution in [-0.2, 0) is 0 Å². The molecule has 0 saturated carbocycles. The number of amides is 1. The number of hydrogen-bond donors (Lipinski definition) is 0. The molecular weight excluding hydrogens is 336 g/mol. The van der Waals surface area contributed by atoms with Crippen LogP contribution >= 0.6 is 0 Å². The van der Waals surface area contributed by atoms with Gasteiger partial charge in [0.1, 0.15) is 17.4 Å². The van der Waals surface area contributed by atoms with Gasteiger partial charge in [0.2, 0.25) is 0 Å². The summed E-state index contributed by atoms with van der Waals surface area (Å²) in [6.45, 7) is 7.41. The van der Waals surface area contributed by atoms with E-state index in [1.165, 1.54) is 5.56 Å². The normalized spacial score (nSPS) is 16.7. The van der Waals surface area contributed by atoms with Crippen LogP contribution < -0.4 is 4.74 Å². The van der Waals surface area contributed by atoms with Gasteiger partial charge in [-0.15, -0.1) is 0 Å². The molecular formula is C23H24N2O2. The Morgan fingerprint density at radius 1 is 1.11 bits per heavy atom. The quantitative estimate of drug-likeness (QED) is 0.693. The van der Waals surface area contributed by atoms with Crippen LogP contribution in [0.15, 0.2) is 48.7 Å². The van der Waals surface area contributed by atoms with Gasteiger partial charge in [0.05, 0.1) is 6.54 Å². The van der Waals surface area contributed by atoms with Gasteiger partial charge < -0.3 is 9.64 Å². The van der Waals surface area contributed by atoms with Crippen LogP contribution in [0.4, 0.5) is 0 Å². The highest BCUT2D eigenvalue weighted by Gasteiger charge is 2.30. The van der Waals surface area contributed by atoms with Crippen molar-refractivity contribution in [3.8, 4) is 5.75 Å². The number of ether oxygens (including phenoxy) is 1. The van der Waals surface area contributed by atoms with Crippen LogP contribution in [0.1, 0.15) is 33.5 Å². The fourth-order valence-corrected chi connectivity index (χ4v) is 4.04. The molecule has 3 aromatic rings. The summed E-state index contributed by atoms with van der Waals surface area (Å²) in [6, 6.07) is 14.1. The van der Waals surface area contributed by atoms with E-state index < -0.39 is 0 Å². The van der Waals surface area contributed by atoms with Crippen LogP contribution in [0.3, 0.4) is 0 Å². The molecule has 4 heteroatoms. The number of hydrogen-bond acceptors (Lipinski definition) is 3. The summed E-state index contributed by atoms with van der Waals surface area (Å²) >= 11 is 0. The van der Waals surface area contributed by atoms with E-state index in [-0.39, 0.29) is 12.0 Å². The molecule has 2 aromatic carbocycles. The van der Waals surface area contributed by atoms with Gasteiger partial charge in [0.25, 0.3) is 5.91 Å². The molecule has 0 bridgehead atoms. The molecule has 138 valence electrons. The number of benzene rings is 2. The minimum absolute atomic E-state index is 0.00684. The van der Waals surface area contributed by atoms with Crippen molar-refractivity contribution in [3.63, 3.8) is 0 Å². The first kappa shape index (κ1) is 17.5. The van der Waals surface area contributed by atoms with Gasteiger partial charge in [-0.25, -0.2) is 0 Å². The van der Waals surface area contributed by atoms with Crippen molar-refractivity contribution < 1.29 is 9.53 Å². The summed E-state index contributed by atoms with van der Waals surface area (Å²) < 4.78 is 6.23. The van der Waals surface area contributed by atoms with E-state index in [1.54, 1.807) is 6.20 Å². The van der Waals surface area contributed by atoms with Crippen LogP contribution in [0.5, 0.6) is 5.75 Å². The van der Waals surface area contributed by atoms with Gasteiger partial charge in [-0.1, -0.05) is 35.9 Å². The lowest BCUT2D eigenvalue weighted by Crippen LogP contribution is -2.32. The largest absolute Gasteiger partial charge is 0.486 e. The molecule has 2 heterocycles. The summed E-state index contributed by atoms with van der Waals surface area (Å²) in [7, 11) is 0. The number of aromatic nitrogens is 1. The number of likely N-dealkylation sites (tertiary alicyclic amines) is 1. The number of pyridine rings is 1. The average Bonchev–Trinajstić information content (AvgIpc) is 3.10. The zero-order chi connectivity index (χ0) is 19.0. The first-order valence-corrected chi connectivity index (χ1v) is 9.40. The number of fused-ring (bicyclic) bond motifs is 1. The van der Waals surface area contributed by atoms with Gasteiger partial charge in [-0.05, 0) is 44.0 Å². The average molecular weight is 360 g/mol. The number of para-hydroxylation sites is 1. The minimum atomic E-state index is -0.00684. The summed E-state index contributed by atoms with van der Waals surface area (Å²) in [5.41, 5.74) is 4.97. The van der Waals surface area contributed by atoms with Gasteiger partial charge >= 0.3 is 0 Å². The summed E-state index contributed by atoms with van der Waals surface area (Å²) in [5.74, 6) is 0.891. The molecule has 1 aliphatic rings. The van der Waals surface area contributed by atoms with Crippen LogP contribution in [0.25, 0.3) is 10.9 Å². The van der Waals surface area contributed by atoms with Crippen molar-refractivity contribution in [2.24, 2.45) is 0 Å². The third kappa shape index (κ3) is 3.39. The number of aryl methyl sites for hydroxylation is 3. The Bertz CT molecular complexity index is 984. The summed E-state index contributed by atoms with van der Waals surface area (Å²) in [5, 5.41) is 1.06. The molecule has 0 N–H and O–H groups in total. The molecule has 4 nitrogen and oxygen atoms in total. The molecule has 1 amide bonds. The SMILES string of the molecule is Cc1cc(C)c(C(=O)N2CCC(Oc3cccc4cccnc34)C2)c(C)c1. The molecule has 1 aromatic heterocycles. The molecule has 0 aliphatic carbocycles. The maximum atomic E-state index is 13.1. The molecule has 1 unspecified atom stereocenters. The predicted molar refractivity (Wildman–Crippen MR) is 107 cm³/mol. The third-order valence-electron chi connectivity index (χ3n) is 5.21. The molecule has 1 saturated heterocycles. The van der Waals surface area contributed by atoms with Crippen molar-refractivity contribution >= 4 is 16.8 Å². The highest BCUT2D eigenvalue weighted by atomic mass is 16.5. The van der Waals surface area contributed by atoms with Crippen LogP contribution in [-0.4, -0.2) is 35.0 Å². The lowest BCUT2D eigenvalue weighted by atomic mass is 9.99. The Labute approximate surface area is 159 Å². The predicted octanol–water partition coefficient (Wildman–Crippen LogP) is 4.45. The van der Waals surface area contributed by atoms with Crippen molar-refractivity contribution in [3.05, 3.63) is 70.9 Å². The monoisotopic (exact) mass is 360 g/mol. The fourth-order valence-electron chi connectivity index (χ4n) is 4.04. The Hall–Kier alpha value is -2.88. The van der Waals surface area contributed by atoms with E-state index >= 15 is 0 Å². The Morgan fingerprint density at radius 2 is 1.85 bits per heavy atom. The highest BCUT2D eigenvalue weighted by molar-refractivity contribution is 5.97. The Balaban J connectivity index is 1.51. The summed E-state index contributed by atoms with van der Waals surface area (Å²) in [6.07, 6.45) is 2.61. The first-order valence-electron chi connectivity index (χ1n) is 9.40. The second-order valence-corrected chi connectivity index (χ2v) is 7.38. The maximum Gasteiger partial charge on any atom is 0.254 e. The zero-order valence-corrected chi connectivity index (χ0v) is 16.0. The number of carbonyl (C=O) groups is 1. The molecule has 0 radical (unpaired) electrons. The van der Waals surface area contributed by atoms with Crippen molar-refractivity contribution in [1.82, 2.24) is 9.88 Å². The first-order chi connectivity index (χ1) is 13.0. The Kier molecular flexibility index (Phi) is 4.56. The molecule has 1 aliphatic heterocycles. The van der Waals surface area contributed by atoms with E-state index in [9.17, 15) is 4.79 Å². The molecule has 27 heavy (non-hydrogen) atoms. The molecule has 1 fully saturated rings. The standard InChI is InChI=1S/C23H24N2O2/c1-15-12-16(2)21(17(3)13-15)23(26)25-11-9-19(14-25)27-20-8-4-6-18-7-5-10-24-22(18)20/h4-8,10,12-13,19H,9,11,14H2,1-3H3. The van der Waals surface area contributed by atoms with E-state index in [1.807, 2.05) is 49.1 Å². The van der Waals surface area contributed by atoms with E-state index in [4.69, 9.17) is 4.74 Å². The lowest BCUT2D eigenvalue weighted by Gasteiger charge is -2.20. The fraction of sp³-hybridized carbons (Fsp3) is 0.304. The maximum absolute atomic E-state index is 13.1. The molecule has 0 spiro atoms. The third-order valence-corrected chi connectivity index (χ3v) is 5.21. The molecule has 4 rings (SSSR count). The summed E-state index contributed by atoms with van der Waals surface area (Å²) in [4.78, 5) is 19.4. The lowest BCUT2D eigenvalue weighted by molar-refractivity contribution is 0.0771. The van der Waals surface area contributed by atoms with E-state index in [0.29, 0.717) is 13.1 Å². The second-order valence-electron chi connectivity index (χ2n) is 7.38. The van der Waals surface area contributed by atoms with Gasteiger partial charge in [0.15, 0.2) is 0 Å². The number of nitrogens with zero attached hydrogens (tertiary/aromatic N) is 2. The van der Waals surface area contributed by atoms with Crippen molar-refractivity contribution in [2.75, 3.05) is 13.1 Å². The zero-order valence-electron chi connectivity index (χ0n) is 16.0. The highest BCUT2D eigenvalue weighted by Crippen LogP contribution is 2.27. The molecule has 1 atom stereocenters. The Morgan fingerprint density at radius 3 is 2.63 bits per heavy atom. The van der Waals surface area contributed by atoms with Crippen molar-refractivity contribution in [2.45, 2.75) is 33.3 Å². The smallest absolute Gasteiger partial charge is 0.254 e. The minimum Gasteiger partial charge on any atom is -0.486 e. The van der Waals surface area contributed by atoms with Gasteiger partial charge in [0, 0.05) is 30.1 Å².